The largest absolute Gasteiger partial charge is 0.491 e. The van der Waals surface area contributed by atoms with Gasteiger partial charge in [0.1, 0.15) is 11.4 Å². The Hall–Kier alpha value is -3.33. The number of hydrogen-bond acceptors (Lipinski definition) is 3. The Kier molecular flexibility index (Phi) is 4.98. The zero-order valence-electron chi connectivity index (χ0n) is 16.5. The van der Waals surface area contributed by atoms with Gasteiger partial charge in [-0.1, -0.05) is 59.7 Å². The molecule has 0 unspecified atom stereocenters. The molecule has 1 aliphatic heterocycles. The lowest BCUT2D eigenvalue weighted by molar-refractivity contribution is 0.297. The molecule has 0 aliphatic carbocycles. The van der Waals surface area contributed by atoms with E-state index < -0.39 is 0 Å². The Morgan fingerprint density at radius 2 is 1.61 bits per heavy atom. The number of ether oxygens (including phenoxy) is 1. The van der Waals surface area contributed by atoms with Crippen molar-refractivity contribution in [2.45, 2.75) is 20.8 Å². The molecule has 0 aromatic heterocycles. The first-order valence-corrected chi connectivity index (χ1v) is 9.62. The summed E-state index contributed by atoms with van der Waals surface area (Å²) in [6.45, 7) is 6.78. The van der Waals surface area contributed by atoms with Crippen LogP contribution in [0.5, 0.6) is 0 Å². The molecule has 1 N–H and O–H groups in total. The van der Waals surface area contributed by atoms with Gasteiger partial charge < -0.3 is 10.1 Å². The molecule has 0 radical (unpaired) electrons. The number of nitrogens with zero attached hydrogens (tertiary/aromatic N) is 1. The number of aliphatic imine (C=N–C) groups is 1. The molecular weight excluding hydrogens is 344 g/mol. The first-order valence-electron chi connectivity index (χ1n) is 9.62. The second kappa shape index (κ2) is 7.73. The quantitative estimate of drug-likeness (QED) is 0.552. The molecule has 1 heterocycles. The lowest BCUT2D eigenvalue weighted by Crippen LogP contribution is -2.08. The molecule has 3 aromatic carbocycles. The van der Waals surface area contributed by atoms with Gasteiger partial charge >= 0.3 is 0 Å². The van der Waals surface area contributed by atoms with Crippen molar-refractivity contribution in [3.05, 3.63) is 101 Å². The Balaban J connectivity index is 1.93. The molecule has 1 aliphatic rings. The number of allylic oxidation sites excluding steroid dienone is 1. The predicted molar refractivity (Wildman–Crippen MR) is 117 cm³/mol. The summed E-state index contributed by atoms with van der Waals surface area (Å²) in [5, 5.41) is 3.55. The van der Waals surface area contributed by atoms with E-state index >= 15 is 0 Å². The summed E-state index contributed by atoms with van der Waals surface area (Å²) in [4.78, 5) is 5.01. The lowest BCUT2D eigenvalue weighted by Gasteiger charge is -2.13. The van der Waals surface area contributed by atoms with Crippen molar-refractivity contribution in [3.8, 4) is 0 Å². The maximum absolute atomic E-state index is 6.10. The van der Waals surface area contributed by atoms with Crippen LogP contribution in [0, 0.1) is 13.8 Å². The Labute approximate surface area is 166 Å². The van der Waals surface area contributed by atoms with Gasteiger partial charge in [0.2, 0.25) is 0 Å². The molecule has 28 heavy (non-hydrogen) atoms. The van der Waals surface area contributed by atoms with Crippen LogP contribution in [-0.2, 0) is 4.74 Å². The second-order valence-electron chi connectivity index (χ2n) is 6.97. The molecule has 4 rings (SSSR count). The van der Waals surface area contributed by atoms with E-state index in [4.69, 9.17) is 9.73 Å². The molecule has 0 saturated heterocycles. The Bertz CT molecular complexity index is 1050. The molecule has 3 aromatic rings. The summed E-state index contributed by atoms with van der Waals surface area (Å²) in [5.74, 6) is 0.822. The third-order valence-corrected chi connectivity index (χ3v) is 4.75. The van der Waals surface area contributed by atoms with Gasteiger partial charge in [0.15, 0.2) is 5.76 Å². The van der Waals surface area contributed by atoms with Crippen LogP contribution in [0.1, 0.15) is 29.2 Å². The van der Waals surface area contributed by atoms with E-state index in [1.807, 2.05) is 25.1 Å². The third kappa shape index (κ3) is 3.56. The van der Waals surface area contributed by atoms with Crippen LogP contribution in [0.4, 0.5) is 11.4 Å². The molecule has 3 heteroatoms. The number of rotatable bonds is 4. The highest BCUT2D eigenvalue weighted by atomic mass is 16.5. The van der Waals surface area contributed by atoms with E-state index in [-0.39, 0.29) is 0 Å². The molecule has 0 saturated carbocycles. The molecule has 0 atom stereocenters. The second-order valence-corrected chi connectivity index (χ2v) is 6.97. The zero-order chi connectivity index (χ0) is 19.5. The van der Waals surface area contributed by atoms with Gasteiger partial charge in [-0.3, -0.25) is 0 Å². The lowest BCUT2D eigenvalue weighted by atomic mass is 10.0. The summed E-state index contributed by atoms with van der Waals surface area (Å²) in [7, 11) is 0. The normalized spacial score (nSPS) is 15.9. The summed E-state index contributed by atoms with van der Waals surface area (Å²) in [5.41, 5.74) is 8.37. The number of aryl methyl sites for hydroxylation is 2. The molecular formula is C25H24N2O. The maximum atomic E-state index is 6.10. The van der Waals surface area contributed by atoms with Gasteiger partial charge in [-0.05, 0) is 45.0 Å². The van der Waals surface area contributed by atoms with Crippen LogP contribution in [0.25, 0.3) is 5.76 Å². The summed E-state index contributed by atoms with van der Waals surface area (Å²) in [6, 6.07) is 24.9. The van der Waals surface area contributed by atoms with Gasteiger partial charge in [0.25, 0.3) is 0 Å². The smallest absolute Gasteiger partial charge is 0.152 e. The van der Waals surface area contributed by atoms with E-state index in [1.165, 1.54) is 11.1 Å². The molecule has 0 bridgehead atoms. The van der Waals surface area contributed by atoms with Crippen molar-refractivity contribution in [2.75, 3.05) is 11.9 Å². The monoisotopic (exact) mass is 368 g/mol. The van der Waals surface area contributed by atoms with Gasteiger partial charge in [-0.15, -0.1) is 0 Å². The van der Waals surface area contributed by atoms with Crippen LogP contribution in [0.3, 0.4) is 0 Å². The van der Waals surface area contributed by atoms with Gasteiger partial charge in [0, 0.05) is 16.8 Å². The summed E-state index contributed by atoms with van der Waals surface area (Å²) >= 11 is 0. The molecule has 0 fully saturated rings. The number of hydrogen-bond donors (Lipinski definition) is 1. The van der Waals surface area contributed by atoms with Crippen molar-refractivity contribution < 1.29 is 4.74 Å². The topological polar surface area (TPSA) is 33.6 Å². The van der Waals surface area contributed by atoms with Crippen LogP contribution in [-0.4, -0.2) is 12.3 Å². The SMILES string of the molecule is CCO/C(=C1\Nc2ccc(C)cc2C1=Nc1ccc(C)cc1)c1ccccc1. The van der Waals surface area contributed by atoms with Crippen LogP contribution in [0.15, 0.2) is 83.5 Å². The predicted octanol–water partition coefficient (Wildman–Crippen LogP) is 6.26. The highest BCUT2D eigenvalue weighted by Gasteiger charge is 2.27. The number of nitrogens with one attached hydrogen (secondary N) is 1. The summed E-state index contributed by atoms with van der Waals surface area (Å²) in [6.07, 6.45) is 0. The maximum Gasteiger partial charge on any atom is 0.152 e. The van der Waals surface area contributed by atoms with E-state index in [1.54, 1.807) is 0 Å². The first kappa shape index (κ1) is 18.1. The van der Waals surface area contributed by atoms with Crippen molar-refractivity contribution in [3.63, 3.8) is 0 Å². The minimum atomic E-state index is 0.586. The van der Waals surface area contributed by atoms with E-state index in [9.17, 15) is 0 Å². The first-order chi connectivity index (χ1) is 13.7. The fraction of sp³-hybridized carbons (Fsp3) is 0.160. The molecule has 140 valence electrons. The fourth-order valence-corrected chi connectivity index (χ4v) is 3.35. The average molecular weight is 368 g/mol. The third-order valence-electron chi connectivity index (χ3n) is 4.75. The standard InChI is InChI=1S/C25H24N2O/c1-4-28-25(19-8-6-5-7-9-19)24-23(26-20-13-10-17(2)11-14-20)21-16-18(3)12-15-22(21)27-24/h5-16,27H,4H2,1-3H3/b25-24-,26-23?. The average Bonchev–Trinajstić information content (AvgIpc) is 3.06. The Morgan fingerprint density at radius 1 is 0.893 bits per heavy atom. The van der Waals surface area contributed by atoms with E-state index in [2.05, 4.69) is 73.8 Å². The van der Waals surface area contributed by atoms with Crippen LogP contribution < -0.4 is 5.32 Å². The highest BCUT2D eigenvalue weighted by molar-refractivity contribution is 6.25. The molecule has 0 amide bonds. The van der Waals surface area contributed by atoms with Crippen LogP contribution >= 0.6 is 0 Å². The number of benzene rings is 3. The minimum Gasteiger partial charge on any atom is -0.491 e. The van der Waals surface area contributed by atoms with E-state index in [0.29, 0.717) is 6.61 Å². The van der Waals surface area contributed by atoms with Crippen molar-refractivity contribution >= 4 is 22.8 Å². The van der Waals surface area contributed by atoms with E-state index in [0.717, 1.165) is 39.7 Å². The zero-order valence-corrected chi connectivity index (χ0v) is 16.5. The van der Waals surface area contributed by atoms with Crippen molar-refractivity contribution in [2.24, 2.45) is 4.99 Å². The fourth-order valence-electron chi connectivity index (χ4n) is 3.35. The van der Waals surface area contributed by atoms with Crippen molar-refractivity contribution in [1.82, 2.24) is 0 Å². The van der Waals surface area contributed by atoms with Crippen LogP contribution in [0.2, 0.25) is 0 Å². The molecule has 0 spiro atoms. The molecule has 3 nitrogen and oxygen atoms in total. The van der Waals surface area contributed by atoms with Crippen molar-refractivity contribution in [1.29, 1.82) is 0 Å². The summed E-state index contributed by atoms with van der Waals surface area (Å²) < 4.78 is 6.10. The van der Waals surface area contributed by atoms with Gasteiger partial charge in [-0.25, -0.2) is 4.99 Å². The minimum absolute atomic E-state index is 0.586. The Morgan fingerprint density at radius 3 is 2.32 bits per heavy atom. The number of fused-ring (bicyclic) bond motifs is 1. The number of anilines is 1. The highest BCUT2D eigenvalue weighted by Crippen LogP contribution is 2.35. The van der Waals surface area contributed by atoms with Gasteiger partial charge in [-0.2, -0.15) is 0 Å². The van der Waals surface area contributed by atoms with Gasteiger partial charge in [0.05, 0.1) is 12.3 Å².